The Morgan fingerprint density at radius 3 is 2.75 bits per heavy atom. The zero-order valence-electron chi connectivity index (χ0n) is 9.53. The maximum Gasteiger partial charge on any atom is 0.235 e. The minimum absolute atomic E-state index is 0.566. The Balaban J connectivity index is 1.96. The molecule has 0 atom stereocenters. The molecule has 0 spiro atoms. The molecule has 1 heterocycles. The minimum Gasteiger partial charge on any atom is -0.423 e. The number of benzene rings is 1. The third kappa shape index (κ3) is 2.59. The van der Waals surface area contributed by atoms with Gasteiger partial charge in [0.05, 0.1) is 6.54 Å². The van der Waals surface area contributed by atoms with Gasteiger partial charge >= 0.3 is 0 Å². The van der Waals surface area contributed by atoms with Gasteiger partial charge in [0, 0.05) is 12.1 Å². The number of hydrogen-bond donors (Lipinski definition) is 1. The van der Waals surface area contributed by atoms with E-state index in [1.54, 1.807) is 0 Å². The first-order valence-corrected chi connectivity index (χ1v) is 5.39. The predicted molar refractivity (Wildman–Crippen MR) is 62.2 cm³/mol. The molecule has 0 aliphatic carbocycles. The maximum atomic E-state index is 5.40. The molecule has 1 N–H and O–H groups in total. The molecule has 0 bridgehead atoms. The second-order valence-corrected chi connectivity index (χ2v) is 3.67. The van der Waals surface area contributed by atoms with E-state index < -0.39 is 0 Å². The Hall–Kier alpha value is -1.84. The molecule has 1 aromatic carbocycles. The molecule has 0 aliphatic rings. The zero-order valence-corrected chi connectivity index (χ0v) is 9.53. The van der Waals surface area contributed by atoms with Gasteiger partial charge in [-0.25, -0.2) is 0 Å². The van der Waals surface area contributed by atoms with E-state index in [2.05, 4.69) is 34.6 Å². The summed E-state index contributed by atoms with van der Waals surface area (Å²) in [6, 6.07) is 8.18. The van der Waals surface area contributed by atoms with Crippen LogP contribution in [0.25, 0.3) is 0 Å². The van der Waals surface area contributed by atoms with Crippen molar-refractivity contribution in [2.24, 2.45) is 0 Å². The average molecular weight is 217 g/mol. The fourth-order valence-electron chi connectivity index (χ4n) is 1.44. The van der Waals surface area contributed by atoms with Crippen LogP contribution in [0.4, 0.5) is 5.69 Å². The van der Waals surface area contributed by atoms with Crippen LogP contribution in [0.3, 0.4) is 0 Å². The van der Waals surface area contributed by atoms with Crippen molar-refractivity contribution in [3.05, 3.63) is 41.6 Å². The van der Waals surface area contributed by atoms with E-state index in [-0.39, 0.29) is 0 Å². The molecule has 0 amide bonds. The largest absolute Gasteiger partial charge is 0.423 e. The van der Waals surface area contributed by atoms with Crippen molar-refractivity contribution in [3.8, 4) is 0 Å². The fraction of sp³-hybridized carbons (Fsp3) is 0.333. The van der Waals surface area contributed by atoms with Gasteiger partial charge in [-0.3, -0.25) is 0 Å². The molecule has 0 fully saturated rings. The molecule has 0 saturated carbocycles. The van der Waals surface area contributed by atoms with E-state index in [1.165, 1.54) is 5.56 Å². The van der Waals surface area contributed by atoms with Gasteiger partial charge in [-0.15, -0.1) is 10.2 Å². The highest BCUT2D eigenvalue weighted by atomic mass is 16.4. The van der Waals surface area contributed by atoms with E-state index in [1.807, 2.05) is 19.1 Å². The monoisotopic (exact) mass is 217 g/mol. The zero-order chi connectivity index (χ0) is 11.4. The summed E-state index contributed by atoms with van der Waals surface area (Å²) in [6.07, 6.45) is 0.775. The standard InChI is InChI=1S/C12H15N3O/c1-3-11-14-15-12(16-11)8-13-10-6-4-5-9(2)7-10/h4-7,13H,3,8H2,1-2H3. The summed E-state index contributed by atoms with van der Waals surface area (Å²) in [5.74, 6) is 1.30. The van der Waals surface area contributed by atoms with Crippen LogP contribution in [-0.4, -0.2) is 10.2 Å². The van der Waals surface area contributed by atoms with Crippen LogP contribution in [0.15, 0.2) is 28.7 Å². The van der Waals surface area contributed by atoms with Crippen molar-refractivity contribution < 1.29 is 4.42 Å². The number of anilines is 1. The Labute approximate surface area is 94.7 Å². The molecular weight excluding hydrogens is 202 g/mol. The minimum atomic E-state index is 0.566. The Morgan fingerprint density at radius 1 is 1.25 bits per heavy atom. The number of nitrogens with one attached hydrogen (secondary N) is 1. The molecule has 4 nitrogen and oxygen atoms in total. The van der Waals surface area contributed by atoms with Crippen LogP contribution < -0.4 is 5.32 Å². The normalized spacial score (nSPS) is 10.4. The van der Waals surface area contributed by atoms with Crippen LogP contribution in [0, 0.1) is 6.92 Å². The highest BCUT2D eigenvalue weighted by molar-refractivity contribution is 5.45. The molecule has 84 valence electrons. The van der Waals surface area contributed by atoms with Crippen molar-refractivity contribution in [1.29, 1.82) is 0 Å². The quantitative estimate of drug-likeness (QED) is 0.855. The summed E-state index contributed by atoms with van der Waals surface area (Å²) in [5, 5.41) is 11.1. The van der Waals surface area contributed by atoms with Crippen molar-refractivity contribution in [3.63, 3.8) is 0 Å². The second kappa shape index (κ2) is 4.79. The SMILES string of the molecule is CCc1nnc(CNc2cccc(C)c2)o1. The lowest BCUT2D eigenvalue weighted by molar-refractivity contribution is 0.460. The van der Waals surface area contributed by atoms with Gasteiger partial charge in [0.25, 0.3) is 0 Å². The van der Waals surface area contributed by atoms with Crippen LogP contribution >= 0.6 is 0 Å². The molecule has 1 aromatic heterocycles. The van der Waals surface area contributed by atoms with Crippen molar-refractivity contribution in [1.82, 2.24) is 10.2 Å². The summed E-state index contributed by atoms with van der Waals surface area (Å²) in [7, 11) is 0. The molecular formula is C12H15N3O. The first-order chi connectivity index (χ1) is 7.78. The predicted octanol–water partition coefficient (Wildman–Crippen LogP) is 2.55. The molecule has 0 saturated heterocycles. The number of nitrogens with zero attached hydrogens (tertiary/aromatic N) is 2. The molecule has 0 unspecified atom stereocenters. The van der Waals surface area contributed by atoms with Gasteiger partial charge in [-0.1, -0.05) is 19.1 Å². The maximum absolute atomic E-state index is 5.40. The first kappa shape index (κ1) is 10.7. The summed E-state index contributed by atoms with van der Waals surface area (Å²) < 4.78 is 5.40. The number of hydrogen-bond acceptors (Lipinski definition) is 4. The van der Waals surface area contributed by atoms with Gasteiger partial charge in [-0.2, -0.15) is 0 Å². The Kier molecular flexibility index (Phi) is 3.19. The molecule has 0 aliphatic heterocycles. The fourth-order valence-corrected chi connectivity index (χ4v) is 1.44. The van der Waals surface area contributed by atoms with E-state index >= 15 is 0 Å². The lowest BCUT2D eigenvalue weighted by Gasteiger charge is -2.03. The third-order valence-corrected chi connectivity index (χ3v) is 2.27. The lowest BCUT2D eigenvalue weighted by Crippen LogP contribution is -1.99. The van der Waals surface area contributed by atoms with Gasteiger partial charge in [0.1, 0.15) is 0 Å². The topological polar surface area (TPSA) is 51.0 Å². The molecule has 4 heteroatoms. The van der Waals surface area contributed by atoms with E-state index in [0.29, 0.717) is 18.3 Å². The number of rotatable bonds is 4. The van der Waals surface area contributed by atoms with Crippen LogP contribution in [0.1, 0.15) is 24.3 Å². The van der Waals surface area contributed by atoms with Crippen molar-refractivity contribution in [2.45, 2.75) is 26.8 Å². The van der Waals surface area contributed by atoms with Crippen molar-refractivity contribution >= 4 is 5.69 Å². The summed E-state index contributed by atoms with van der Waals surface area (Å²) in [5.41, 5.74) is 2.29. The average Bonchev–Trinajstić information content (AvgIpc) is 2.74. The van der Waals surface area contributed by atoms with Crippen LogP contribution in [-0.2, 0) is 13.0 Å². The molecule has 16 heavy (non-hydrogen) atoms. The summed E-state index contributed by atoms with van der Waals surface area (Å²) >= 11 is 0. The van der Waals surface area contributed by atoms with Gasteiger partial charge in [0.2, 0.25) is 11.8 Å². The highest BCUT2D eigenvalue weighted by Crippen LogP contribution is 2.11. The Morgan fingerprint density at radius 2 is 2.06 bits per heavy atom. The summed E-state index contributed by atoms with van der Waals surface area (Å²) in [4.78, 5) is 0. The second-order valence-electron chi connectivity index (χ2n) is 3.67. The lowest BCUT2D eigenvalue weighted by atomic mass is 10.2. The van der Waals surface area contributed by atoms with Crippen LogP contribution in [0.2, 0.25) is 0 Å². The number of aromatic nitrogens is 2. The van der Waals surface area contributed by atoms with Gasteiger partial charge in [0.15, 0.2) is 0 Å². The van der Waals surface area contributed by atoms with Gasteiger partial charge < -0.3 is 9.73 Å². The highest BCUT2D eigenvalue weighted by Gasteiger charge is 2.03. The third-order valence-electron chi connectivity index (χ3n) is 2.27. The van der Waals surface area contributed by atoms with E-state index in [9.17, 15) is 0 Å². The van der Waals surface area contributed by atoms with E-state index in [4.69, 9.17) is 4.42 Å². The molecule has 2 rings (SSSR count). The number of aryl methyl sites for hydroxylation is 2. The molecule has 0 radical (unpaired) electrons. The smallest absolute Gasteiger partial charge is 0.235 e. The Bertz CT molecular complexity index is 465. The molecule has 2 aromatic rings. The van der Waals surface area contributed by atoms with Gasteiger partial charge in [-0.05, 0) is 24.6 Å². The van der Waals surface area contributed by atoms with Crippen LogP contribution in [0.5, 0.6) is 0 Å². The first-order valence-electron chi connectivity index (χ1n) is 5.39. The summed E-state index contributed by atoms with van der Waals surface area (Å²) in [6.45, 7) is 4.62. The van der Waals surface area contributed by atoms with Crippen molar-refractivity contribution in [2.75, 3.05) is 5.32 Å². The van der Waals surface area contributed by atoms with E-state index in [0.717, 1.165) is 12.1 Å².